The van der Waals surface area contributed by atoms with E-state index in [-0.39, 0.29) is 0 Å². The van der Waals surface area contributed by atoms with Crippen LogP contribution < -0.4 is 0 Å². The van der Waals surface area contributed by atoms with Crippen molar-refractivity contribution in [2.75, 3.05) is 0 Å². The number of nitrogens with zero attached hydrogens (tertiary/aromatic N) is 3. The molecule has 1 aromatic rings. The van der Waals surface area contributed by atoms with E-state index in [0.29, 0.717) is 18.0 Å². The van der Waals surface area contributed by atoms with Crippen molar-refractivity contribution in [1.29, 1.82) is 0 Å². The summed E-state index contributed by atoms with van der Waals surface area (Å²) < 4.78 is 5.42. The molecule has 1 fully saturated rings. The van der Waals surface area contributed by atoms with E-state index >= 15 is 0 Å². The average molecular weight is 205 g/mol. The van der Waals surface area contributed by atoms with Gasteiger partial charge in [-0.3, -0.25) is 4.90 Å². The van der Waals surface area contributed by atoms with Crippen molar-refractivity contribution in [3.05, 3.63) is 23.9 Å². The van der Waals surface area contributed by atoms with Gasteiger partial charge in [-0.15, -0.1) is 10.2 Å². The molecule has 2 atom stereocenters. The van der Waals surface area contributed by atoms with Crippen molar-refractivity contribution in [1.82, 2.24) is 15.1 Å². The van der Waals surface area contributed by atoms with Crippen LogP contribution in [0.2, 0.25) is 0 Å². The molecule has 80 valence electrons. The minimum Gasteiger partial charge on any atom is -0.424 e. The molecule has 2 aliphatic rings. The van der Waals surface area contributed by atoms with Crippen molar-refractivity contribution < 1.29 is 4.42 Å². The number of aryl methyl sites for hydroxylation is 1. The van der Waals surface area contributed by atoms with Gasteiger partial charge in [0.05, 0.1) is 6.54 Å². The second kappa shape index (κ2) is 3.45. The summed E-state index contributed by atoms with van der Waals surface area (Å²) in [7, 11) is 0. The van der Waals surface area contributed by atoms with Crippen LogP contribution in [-0.2, 0) is 6.54 Å². The quantitative estimate of drug-likeness (QED) is 0.689. The van der Waals surface area contributed by atoms with Crippen LogP contribution in [0.25, 0.3) is 0 Å². The van der Waals surface area contributed by atoms with Gasteiger partial charge < -0.3 is 4.42 Å². The van der Waals surface area contributed by atoms with E-state index in [1.165, 1.54) is 19.3 Å². The molecule has 1 saturated heterocycles. The molecule has 2 unspecified atom stereocenters. The lowest BCUT2D eigenvalue weighted by Crippen LogP contribution is -2.36. The molecule has 0 amide bonds. The first-order chi connectivity index (χ1) is 7.33. The predicted octanol–water partition coefficient (Wildman–Crippen LogP) is 1.67. The summed E-state index contributed by atoms with van der Waals surface area (Å²) in [6.07, 6.45) is 8.35. The van der Waals surface area contributed by atoms with Gasteiger partial charge in [-0.05, 0) is 19.3 Å². The van der Waals surface area contributed by atoms with Crippen LogP contribution >= 0.6 is 0 Å². The van der Waals surface area contributed by atoms with Crippen LogP contribution in [-0.4, -0.2) is 27.2 Å². The van der Waals surface area contributed by atoms with Crippen molar-refractivity contribution in [2.45, 2.75) is 44.8 Å². The minimum atomic E-state index is 0.593. The van der Waals surface area contributed by atoms with E-state index in [4.69, 9.17) is 4.42 Å². The molecular formula is C11H15N3O. The first-order valence-electron chi connectivity index (χ1n) is 5.54. The van der Waals surface area contributed by atoms with Gasteiger partial charge >= 0.3 is 0 Å². The van der Waals surface area contributed by atoms with E-state index < -0.39 is 0 Å². The highest BCUT2D eigenvalue weighted by Crippen LogP contribution is 2.32. The Morgan fingerprint density at radius 3 is 3.13 bits per heavy atom. The SMILES string of the molecule is Cc1nnc(CN2C3C=CCC2CC3)o1. The lowest BCUT2D eigenvalue weighted by molar-refractivity contribution is 0.180. The van der Waals surface area contributed by atoms with Crippen molar-refractivity contribution >= 4 is 0 Å². The fourth-order valence-corrected chi connectivity index (χ4v) is 2.62. The van der Waals surface area contributed by atoms with Crippen LogP contribution in [0.3, 0.4) is 0 Å². The molecule has 0 aliphatic carbocycles. The van der Waals surface area contributed by atoms with Crippen LogP contribution in [0.1, 0.15) is 31.0 Å². The van der Waals surface area contributed by atoms with Gasteiger partial charge in [-0.1, -0.05) is 12.2 Å². The second-order valence-corrected chi connectivity index (χ2v) is 4.35. The Kier molecular flexibility index (Phi) is 2.09. The van der Waals surface area contributed by atoms with E-state index in [2.05, 4.69) is 27.2 Å². The topological polar surface area (TPSA) is 42.2 Å². The summed E-state index contributed by atoms with van der Waals surface area (Å²) in [5, 5.41) is 7.92. The zero-order valence-electron chi connectivity index (χ0n) is 8.89. The highest BCUT2D eigenvalue weighted by molar-refractivity contribution is 5.08. The summed E-state index contributed by atoms with van der Waals surface area (Å²) in [5.41, 5.74) is 0. The molecule has 1 aromatic heterocycles. The molecule has 0 aromatic carbocycles. The van der Waals surface area contributed by atoms with E-state index in [9.17, 15) is 0 Å². The second-order valence-electron chi connectivity index (χ2n) is 4.35. The van der Waals surface area contributed by atoms with Crippen LogP contribution in [0.15, 0.2) is 16.6 Å². The van der Waals surface area contributed by atoms with E-state index in [1.54, 1.807) is 0 Å². The highest BCUT2D eigenvalue weighted by Gasteiger charge is 2.34. The monoisotopic (exact) mass is 205 g/mol. The van der Waals surface area contributed by atoms with E-state index in [1.807, 2.05) is 6.92 Å². The highest BCUT2D eigenvalue weighted by atomic mass is 16.4. The summed E-state index contributed by atoms with van der Waals surface area (Å²) in [5.74, 6) is 1.41. The fourth-order valence-electron chi connectivity index (χ4n) is 2.62. The molecule has 0 spiro atoms. The Morgan fingerprint density at radius 2 is 2.40 bits per heavy atom. The molecule has 3 rings (SSSR count). The van der Waals surface area contributed by atoms with Gasteiger partial charge in [-0.25, -0.2) is 0 Å². The van der Waals surface area contributed by atoms with Crippen molar-refractivity contribution in [2.24, 2.45) is 0 Å². The third kappa shape index (κ3) is 1.59. The Hall–Kier alpha value is -1.16. The summed E-state index contributed by atoms with van der Waals surface area (Å²) in [4.78, 5) is 2.48. The number of rotatable bonds is 2. The maximum atomic E-state index is 5.42. The molecule has 0 radical (unpaired) electrons. The van der Waals surface area contributed by atoms with Crippen LogP contribution in [0.5, 0.6) is 0 Å². The Labute approximate surface area is 89.0 Å². The molecule has 0 N–H and O–H groups in total. The smallest absolute Gasteiger partial charge is 0.230 e. The number of hydrogen-bond acceptors (Lipinski definition) is 4. The zero-order valence-corrected chi connectivity index (χ0v) is 8.89. The summed E-state index contributed by atoms with van der Waals surface area (Å²) in [6, 6.07) is 1.28. The van der Waals surface area contributed by atoms with Crippen molar-refractivity contribution in [3.8, 4) is 0 Å². The largest absolute Gasteiger partial charge is 0.424 e. The summed E-state index contributed by atoms with van der Waals surface area (Å²) in [6.45, 7) is 2.64. The molecular weight excluding hydrogens is 190 g/mol. The minimum absolute atomic E-state index is 0.593. The third-order valence-electron chi connectivity index (χ3n) is 3.34. The molecule has 15 heavy (non-hydrogen) atoms. The zero-order chi connectivity index (χ0) is 10.3. The van der Waals surface area contributed by atoms with Gasteiger partial charge in [0.1, 0.15) is 0 Å². The van der Waals surface area contributed by atoms with E-state index in [0.717, 1.165) is 12.4 Å². The first-order valence-corrected chi connectivity index (χ1v) is 5.54. The fraction of sp³-hybridized carbons (Fsp3) is 0.636. The Morgan fingerprint density at radius 1 is 1.47 bits per heavy atom. The number of fused-ring (bicyclic) bond motifs is 2. The summed E-state index contributed by atoms with van der Waals surface area (Å²) >= 11 is 0. The van der Waals surface area contributed by atoms with Gasteiger partial charge in [0.15, 0.2) is 0 Å². The first kappa shape index (κ1) is 9.09. The van der Waals surface area contributed by atoms with Crippen LogP contribution in [0, 0.1) is 6.92 Å². The Bertz CT molecular complexity index is 385. The third-order valence-corrected chi connectivity index (χ3v) is 3.34. The number of hydrogen-bond donors (Lipinski definition) is 0. The molecule has 2 aliphatic heterocycles. The van der Waals surface area contributed by atoms with Gasteiger partial charge in [0.2, 0.25) is 11.8 Å². The molecule has 2 bridgehead atoms. The van der Waals surface area contributed by atoms with Crippen LogP contribution in [0.4, 0.5) is 0 Å². The Balaban J connectivity index is 1.76. The normalized spacial score (nSPS) is 29.9. The maximum absolute atomic E-state index is 5.42. The molecule has 3 heterocycles. The van der Waals surface area contributed by atoms with Gasteiger partial charge in [0, 0.05) is 19.0 Å². The van der Waals surface area contributed by atoms with Gasteiger partial charge in [-0.2, -0.15) is 0 Å². The predicted molar refractivity (Wildman–Crippen MR) is 55.1 cm³/mol. The lowest BCUT2D eigenvalue weighted by Gasteiger charge is -2.29. The molecule has 0 saturated carbocycles. The standard InChI is InChI=1S/C11H15N3O/c1-8-12-13-11(15-8)7-14-9-3-2-4-10(14)6-5-9/h2-3,9-10H,4-7H2,1H3. The molecule has 4 heteroatoms. The van der Waals surface area contributed by atoms with Crippen molar-refractivity contribution in [3.63, 3.8) is 0 Å². The lowest BCUT2D eigenvalue weighted by atomic mass is 10.1. The number of aromatic nitrogens is 2. The maximum Gasteiger partial charge on any atom is 0.230 e. The molecule has 4 nitrogen and oxygen atoms in total. The average Bonchev–Trinajstić information content (AvgIpc) is 2.71. The van der Waals surface area contributed by atoms with Gasteiger partial charge in [0.25, 0.3) is 0 Å².